The molecule has 0 aliphatic carbocycles. The van der Waals surface area contributed by atoms with E-state index < -0.39 is 11.7 Å². The van der Waals surface area contributed by atoms with Gasteiger partial charge in [-0.1, -0.05) is 23.7 Å². The summed E-state index contributed by atoms with van der Waals surface area (Å²) in [4.78, 5) is 29.1. The molecule has 162 valence electrons. The van der Waals surface area contributed by atoms with Gasteiger partial charge in [0, 0.05) is 35.3 Å². The zero-order chi connectivity index (χ0) is 22.8. The van der Waals surface area contributed by atoms with Gasteiger partial charge >= 0.3 is 0 Å². The van der Waals surface area contributed by atoms with Crippen molar-refractivity contribution >= 4 is 34.9 Å². The first-order chi connectivity index (χ1) is 15.3. The Balaban J connectivity index is 1.51. The SMILES string of the molecule is Cc1ccc(-c2ccn3nc(N)nc3c2)c(F)c1C(=O)NCCC(=O)c1ccc(Cl)cc1. The fourth-order valence-corrected chi connectivity index (χ4v) is 3.52. The number of nitrogens with one attached hydrogen (secondary N) is 1. The van der Waals surface area contributed by atoms with Crippen LogP contribution in [0.1, 0.15) is 32.7 Å². The Hall–Kier alpha value is -3.78. The molecular formula is C23H19ClFN5O2. The first-order valence-corrected chi connectivity index (χ1v) is 10.2. The van der Waals surface area contributed by atoms with E-state index in [0.29, 0.717) is 27.4 Å². The Kier molecular flexibility index (Phi) is 5.87. The van der Waals surface area contributed by atoms with Gasteiger partial charge in [0.2, 0.25) is 5.95 Å². The molecule has 0 aliphatic rings. The van der Waals surface area contributed by atoms with E-state index in [-0.39, 0.29) is 35.8 Å². The van der Waals surface area contributed by atoms with E-state index in [2.05, 4.69) is 15.4 Å². The highest BCUT2D eigenvalue weighted by atomic mass is 35.5. The Morgan fingerprint density at radius 3 is 2.66 bits per heavy atom. The van der Waals surface area contributed by atoms with Crippen molar-refractivity contribution in [3.05, 3.63) is 82.3 Å². The van der Waals surface area contributed by atoms with Gasteiger partial charge in [-0.15, -0.1) is 5.10 Å². The number of pyridine rings is 1. The van der Waals surface area contributed by atoms with Gasteiger partial charge in [-0.25, -0.2) is 8.91 Å². The van der Waals surface area contributed by atoms with Crippen LogP contribution >= 0.6 is 11.6 Å². The van der Waals surface area contributed by atoms with Crippen LogP contribution in [0.15, 0.2) is 54.7 Å². The van der Waals surface area contributed by atoms with Gasteiger partial charge in [0.25, 0.3) is 5.91 Å². The van der Waals surface area contributed by atoms with Crippen LogP contribution in [0.4, 0.5) is 10.3 Å². The zero-order valence-electron chi connectivity index (χ0n) is 17.1. The fraction of sp³-hybridized carbons (Fsp3) is 0.130. The molecule has 0 unspecified atom stereocenters. The summed E-state index contributed by atoms with van der Waals surface area (Å²) in [5, 5.41) is 7.17. The minimum absolute atomic E-state index is 0.0673. The summed E-state index contributed by atoms with van der Waals surface area (Å²) >= 11 is 5.83. The summed E-state index contributed by atoms with van der Waals surface area (Å²) in [7, 11) is 0. The zero-order valence-corrected chi connectivity index (χ0v) is 17.9. The average molecular weight is 452 g/mol. The number of fused-ring (bicyclic) bond motifs is 1. The van der Waals surface area contributed by atoms with Crippen molar-refractivity contribution in [2.75, 3.05) is 12.3 Å². The molecule has 32 heavy (non-hydrogen) atoms. The molecule has 4 aromatic rings. The molecule has 0 saturated carbocycles. The van der Waals surface area contributed by atoms with Gasteiger partial charge in [-0.3, -0.25) is 9.59 Å². The first-order valence-electron chi connectivity index (χ1n) is 9.82. The number of carbonyl (C=O) groups excluding carboxylic acids is 2. The largest absolute Gasteiger partial charge is 0.366 e. The molecule has 0 spiro atoms. The van der Waals surface area contributed by atoms with Crippen LogP contribution in [0.5, 0.6) is 0 Å². The number of nitrogen functional groups attached to an aromatic ring is 1. The van der Waals surface area contributed by atoms with Gasteiger partial charge in [0.15, 0.2) is 11.4 Å². The van der Waals surface area contributed by atoms with Crippen LogP contribution in [0, 0.1) is 12.7 Å². The molecule has 0 atom stereocenters. The lowest BCUT2D eigenvalue weighted by Crippen LogP contribution is -2.27. The summed E-state index contributed by atoms with van der Waals surface area (Å²) in [5.41, 5.74) is 7.77. The number of anilines is 1. The number of nitrogens with zero attached hydrogens (tertiary/aromatic N) is 3. The number of rotatable bonds is 6. The van der Waals surface area contributed by atoms with Crippen molar-refractivity contribution < 1.29 is 14.0 Å². The summed E-state index contributed by atoms with van der Waals surface area (Å²) in [6, 6.07) is 13.1. The number of hydrogen-bond donors (Lipinski definition) is 2. The van der Waals surface area contributed by atoms with Crippen LogP contribution in [0.2, 0.25) is 5.02 Å². The number of halogens is 2. The summed E-state index contributed by atoms with van der Waals surface area (Å²) in [5.74, 6) is -1.27. The molecule has 0 fully saturated rings. The lowest BCUT2D eigenvalue weighted by atomic mass is 9.98. The molecule has 7 nitrogen and oxygen atoms in total. The van der Waals surface area contributed by atoms with E-state index in [9.17, 15) is 9.59 Å². The average Bonchev–Trinajstić information content (AvgIpc) is 3.13. The molecule has 3 N–H and O–H groups in total. The van der Waals surface area contributed by atoms with Crippen LogP contribution in [-0.2, 0) is 0 Å². The van der Waals surface area contributed by atoms with Gasteiger partial charge in [-0.2, -0.15) is 4.98 Å². The molecule has 0 radical (unpaired) electrons. The molecular weight excluding hydrogens is 433 g/mol. The summed E-state index contributed by atoms with van der Waals surface area (Å²) in [6.45, 7) is 1.73. The van der Waals surface area contributed by atoms with E-state index in [1.807, 2.05) is 0 Å². The van der Waals surface area contributed by atoms with Crippen molar-refractivity contribution in [1.82, 2.24) is 19.9 Å². The number of carbonyl (C=O) groups is 2. The van der Waals surface area contributed by atoms with Gasteiger partial charge in [0.1, 0.15) is 5.82 Å². The van der Waals surface area contributed by atoms with Gasteiger partial charge in [-0.05, 0) is 54.4 Å². The van der Waals surface area contributed by atoms with Crippen LogP contribution in [-0.4, -0.2) is 32.8 Å². The third kappa shape index (κ3) is 4.31. The Morgan fingerprint density at radius 2 is 1.91 bits per heavy atom. The minimum atomic E-state index is -0.650. The number of benzene rings is 2. The minimum Gasteiger partial charge on any atom is -0.366 e. The predicted molar refractivity (Wildman–Crippen MR) is 120 cm³/mol. The number of amides is 1. The van der Waals surface area contributed by atoms with E-state index in [4.69, 9.17) is 17.3 Å². The van der Waals surface area contributed by atoms with Gasteiger partial charge < -0.3 is 11.1 Å². The molecule has 0 saturated heterocycles. The number of aromatic nitrogens is 3. The van der Waals surface area contributed by atoms with Crippen LogP contribution in [0.25, 0.3) is 16.8 Å². The van der Waals surface area contributed by atoms with Crippen molar-refractivity contribution in [1.29, 1.82) is 0 Å². The predicted octanol–water partition coefficient (Wildman–Crippen LogP) is 4.08. The Bertz CT molecular complexity index is 1330. The normalized spacial score (nSPS) is 11.0. The maximum atomic E-state index is 15.4. The summed E-state index contributed by atoms with van der Waals surface area (Å²) < 4.78 is 16.8. The highest BCUT2D eigenvalue weighted by Crippen LogP contribution is 2.28. The molecule has 4 rings (SSSR count). The van der Waals surface area contributed by atoms with Crippen LogP contribution < -0.4 is 11.1 Å². The number of Topliss-reactive ketones (excluding diaryl/α,β-unsaturated/α-hetero) is 1. The molecule has 0 aliphatic heterocycles. The number of ketones is 1. The topological polar surface area (TPSA) is 102 Å². The second kappa shape index (κ2) is 8.76. The smallest absolute Gasteiger partial charge is 0.254 e. The maximum absolute atomic E-state index is 15.4. The van der Waals surface area contributed by atoms with Crippen molar-refractivity contribution in [2.45, 2.75) is 13.3 Å². The quantitative estimate of drug-likeness (QED) is 0.430. The monoisotopic (exact) mass is 451 g/mol. The van der Waals surface area contributed by atoms with E-state index in [1.54, 1.807) is 61.7 Å². The highest BCUT2D eigenvalue weighted by molar-refractivity contribution is 6.30. The fourth-order valence-electron chi connectivity index (χ4n) is 3.40. The van der Waals surface area contributed by atoms with Gasteiger partial charge in [0.05, 0.1) is 5.56 Å². The molecule has 9 heteroatoms. The lowest BCUT2D eigenvalue weighted by molar-refractivity contribution is 0.0937. The number of aryl methyl sites for hydroxylation is 1. The highest BCUT2D eigenvalue weighted by Gasteiger charge is 2.20. The second-order valence-electron chi connectivity index (χ2n) is 7.24. The first kappa shape index (κ1) is 21.5. The standard InChI is InChI=1S/C23H19ClFN5O2/c1-13-2-7-17(15-9-11-30-19(12-15)28-23(26)29-30)21(25)20(13)22(32)27-10-8-18(31)14-3-5-16(24)6-4-14/h2-7,9,11-12H,8,10H2,1H3,(H2,26,29)(H,27,32). The summed E-state index contributed by atoms with van der Waals surface area (Å²) in [6.07, 6.45) is 1.70. The Labute approximate surface area is 188 Å². The van der Waals surface area contributed by atoms with Crippen molar-refractivity contribution in [3.63, 3.8) is 0 Å². The molecule has 1 amide bonds. The third-order valence-electron chi connectivity index (χ3n) is 5.05. The number of hydrogen-bond acceptors (Lipinski definition) is 5. The van der Waals surface area contributed by atoms with E-state index >= 15 is 4.39 Å². The molecule has 0 bridgehead atoms. The third-order valence-corrected chi connectivity index (χ3v) is 5.30. The van der Waals surface area contributed by atoms with E-state index in [0.717, 1.165) is 0 Å². The second-order valence-corrected chi connectivity index (χ2v) is 7.68. The van der Waals surface area contributed by atoms with Crippen molar-refractivity contribution in [2.24, 2.45) is 0 Å². The number of nitrogens with two attached hydrogens (primary N) is 1. The van der Waals surface area contributed by atoms with E-state index in [1.165, 1.54) is 4.52 Å². The van der Waals surface area contributed by atoms with Crippen molar-refractivity contribution in [3.8, 4) is 11.1 Å². The molecule has 2 aromatic carbocycles. The van der Waals surface area contributed by atoms with Crippen LogP contribution in [0.3, 0.4) is 0 Å². The molecule has 2 aromatic heterocycles. The lowest BCUT2D eigenvalue weighted by Gasteiger charge is -2.12. The Morgan fingerprint density at radius 1 is 1.16 bits per heavy atom. The maximum Gasteiger partial charge on any atom is 0.254 e. The molecule has 2 heterocycles.